The van der Waals surface area contributed by atoms with E-state index in [2.05, 4.69) is 31.8 Å². The van der Waals surface area contributed by atoms with Gasteiger partial charge in [0.25, 0.3) is 5.91 Å². The van der Waals surface area contributed by atoms with Gasteiger partial charge in [0.05, 0.1) is 12.9 Å². The Morgan fingerprint density at radius 3 is 2.54 bits per heavy atom. The zero-order valence-electron chi connectivity index (χ0n) is 12.3. The zero-order valence-corrected chi connectivity index (χ0v) is 15.4. The minimum Gasteiger partial charge on any atom is -0.448 e. The minimum atomic E-state index is -0.754. The fourth-order valence-electron chi connectivity index (χ4n) is 1.72. The molecule has 0 aliphatic rings. The number of rotatable bonds is 5. The molecule has 0 saturated heterocycles. The minimum absolute atomic E-state index is 0.102. The maximum absolute atomic E-state index is 11.7. The standard InChI is InChI=1S/C14H13BrCl2N4O3/c15-10-3-1-9(2-4-10)5-6-24-14(23)20-19-11(22)7-21-8-18-12(16)13(21)17/h1-4,8H,5-7H2,(H,19,22)(H,20,23). The van der Waals surface area contributed by atoms with Gasteiger partial charge in [0.2, 0.25) is 0 Å². The highest BCUT2D eigenvalue weighted by atomic mass is 79.9. The Morgan fingerprint density at radius 1 is 1.21 bits per heavy atom. The van der Waals surface area contributed by atoms with Crippen LogP contribution in [-0.2, 0) is 22.5 Å². The van der Waals surface area contributed by atoms with Crippen LogP contribution >= 0.6 is 39.1 Å². The van der Waals surface area contributed by atoms with Gasteiger partial charge in [0.1, 0.15) is 11.7 Å². The van der Waals surface area contributed by atoms with Crippen LogP contribution in [0.1, 0.15) is 5.56 Å². The highest BCUT2D eigenvalue weighted by Gasteiger charge is 2.11. The number of carbonyl (C=O) groups excluding carboxylic acids is 2. The summed E-state index contributed by atoms with van der Waals surface area (Å²) in [4.78, 5) is 26.9. The largest absolute Gasteiger partial charge is 0.448 e. The Hall–Kier alpha value is -1.77. The van der Waals surface area contributed by atoms with Crippen LogP contribution in [-0.4, -0.2) is 28.2 Å². The van der Waals surface area contributed by atoms with E-state index in [0.29, 0.717) is 6.42 Å². The molecule has 2 rings (SSSR count). The molecule has 1 aromatic heterocycles. The molecule has 0 fully saturated rings. The van der Waals surface area contributed by atoms with Crippen LogP contribution in [0.5, 0.6) is 0 Å². The van der Waals surface area contributed by atoms with Crippen LogP contribution in [0.3, 0.4) is 0 Å². The van der Waals surface area contributed by atoms with Crippen LogP contribution in [0.2, 0.25) is 10.3 Å². The van der Waals surface area contributed by atoms with Gasteiger partial charge in [-0.05, 0) is 17.7 Å². The normalized spacial score (nSPS) is 10.3. The third-order valence-corrected chi connectivity index (χ3v) is 4.19. The summed E-state index contributed by atoms with van der Waals surface area (Å²) < 4.78 is 7.27. The molecule has 7 nitrogen and oxygen atoms in total. The molecule has 2 amide bonds. The summed E-state index contributed by atoms with van der Waals surface area (Å²) >= 11 is 14.8. The molecule has 0 unspecified atom stereocenters. The summed E-state index contributed by atoms with van der Waals surface area (Å²) in [6, 6.07) is 7.66. The predicted octanol–water partition coefficient (Wildman–Crippen LogP) is 2.95. The van der Waals surface area contributed by atoms with Crippen LogP contribution in [0, 0.1) is 0 Å². The lowest BCUT2D eigenvalue weighted by Crippen LogP contribution is -2.43. The third kappa shape index (κ3) is 5.70. The van der Waals surface area contributed by atoms with Gasteiger partial charge in [-0.15, -0.1) is 0 Å². The molecule has 24 heavy (non-hydrogen) atoms. The Kier molecular flexibility index (Phi) is 6.89. The molecule has 2 N–H and O–H groups in total. The predicted molar refractivity (Wildman–Crippen MR) is 92.7 cm³/mol. The monoisotopic (exact) mass is 434 g/mol. The number of nitrogens with zero attached hydrogens (tertiary/aromatic N) is 2. The number of hydrogen-bond donors (Lipinski definition) is 2. The van der Waals surface area contributed by atoms with Crippen LogP contribution < -0.4 is 10.9 Å². The number of nitrogens with one attached hydrogen (secondary N) is 2. The van der Waals surface area contributed by atoms with E-state index in [4.69, 9.17) is 27.9 Å². The molecule has 0 aliphatic heterocycles. The van der Waals surface area contributed by atoms with Crippen molar-refractivity contribution in [1.82, 2.24) is 20.4 Å². The number of hydrazine groups is 1. The number of benzene rings is 1. The molecule has 10 heteroatoms. The van der Waals surface area contributed by atoms with Crippen molar-refractivity contribution in [2.24, 2.45) is 0 Å². The quantitative estimate of drug-likeness (QED) is 0.707. The first kappa shape index (κ1) is 18.6. The number of amides is 2. The molecule has 0 radical (unpaired) electrons. The highest BCUT2D eigenvalue weighted by Crippen LogP contribution is 2.18. The highest BCUT2D eigenvalue weighted by molar-refractivity contribution is 9.10. The van der Waals surface area contributed by atoms with E-state index in [1.54, 1.807) is 0 Å². The second-order valence-electron chi connectivity index (χ2n) is 4.64. The Labute approximate surface area is 156 Å². The number of carbonyl (C=O) groups is 2. The zero-order chi connectivity index (χ0) is 17.5. The SMILES string of the molecule is O=C(Cn1cnc(Cl)c1Cl)NNC(=O)OCCc1ccc(Br)cc1. The number of ether oxygens (including phenoxy) is 1. The molecule has 0 spiro atoms. The van der Waals surface area contributed by atoms with E-state index in [0.717, 1.165) is 10.0 Å². The van der Waals surface area contributed by atoms with Crippen molar-refractivity contribution in [2.75, 3.05) is 6.61 Å². The van der Waals surface area contributed by atoms with Gasteiger partial charge in [-0.3, -0.25) is 10.2 Å². The van der Waals surface area contributed by atoms with Crippen molar-refractivity contribution in [2.45, 2.75) is 13.0 Å². The average molecular weight is 436 g/mol. The van der Waals surface area contributed by atoms with Gasteiger partial charge in [0, 0.05) is 10.9 Å². The second kappa shape index (κ2) is 8.91. The Morgan fingerprint density at radius 2 is 1.92 bits per heavy atom. The molecule has 0 atom stereocenters. The summed E-state index contributed by atoms with van der Waals surface area (Å²) in [6.07, 6.45) is 1.13. The van der Waals surface area contributed by atoms with E-state index in [1.165, 1.54) is 10.9 Å². The molecule has 128 valence electrons. The maximum atomic E-state index is 11.7. The number of aromatic nitrogens is 2. The molecule has 1 heterocycles. The van der Waals surface area contributed by atoms with Crippen molar-refractivity contribution in [3.8, 4) is 0 Å². The maximum Gasteiger partial charge on any atom is 0.426 e. The number of halogens is 3. The number of hydrogen-bond acceptors (Lipinski definition) is 4. The van der Waals surface area contributed by atoms with Crippen molar-refractivity contribution in [3.63, 3.8) is 0 Å². The molecule has 2 aromatic rings. The van der Waals surface area contributed by atoms with Crippen molar-refractivity contribution >= 4 is 51.1 Å². The van der Waals surface area contributed by atoms with Gasteiger partial charge in [0.15, 0.2) is 5.15 Å². The topological polar surface area (TPSA) is 85.3 Å². The van der Waals surface area contributed by atoms with Gasteiger partial charge < -0.3 is 9.30 Å². The summed E-state index contributed by atoms with van der Waals surface area (Å²) in [7, 11) is 0. The molecule has 0 bridgehead atoms. The van der Waals surface area contributed by atoms with Crippen LogP contribution in [0.15, 0.2) is 35.1 Å². The first-order valence-corrected chi connectivity index (χ1v) is 8.33. The fraction of sp³-hybridized carbons (Fsp3) is 0.214. The third-order valence-electron chi connectivity index (χ3n) is 2.89. The van der Waals surface area contributed by atoms with E-state index in [-0.39, 0.29) is 23.5 Å². The molecular weight excluding hydrogens is 423 g/mol. The molecule has 0 saturated carbocycles. The van der Waals surface area contributed by atoms with E-state index in [9.17, 15) is 9.59 Å². The molecular formula is C14H13BrCl2N4O3. The van der Waals surface area contributed by atoms with E-state index in [1.807, 2.05) is 24.3 Å². The van der Waals surface area contributed by atoms with Crippen molar-refractivity contribution in [3.05, 3.63) is 50.9 Å². The molecule has 1 aromatic carbocycles. The first-order valence-electron chi connectivity index (χ1n) is 6.78. The van der Waals surface area contributed by atoms with E-state index < -0.39 is 12.0 Å². The lowest BCUT2D eigenvalue weighted by atomic mass is 10.2. The van der Waals surface area contributed by atoms with Gasteiger partial charge in [-0.2, -0.15) is 0 Å². The van der Waals surface area contributed by atoms with Gasteiger partial charge in [-0.25, -0.2) is 15.2 Å². The molecule has 0 aliphatic carbocycles. The van der Waals surface area contributed by atoms with Crippen LogP contribution in [0.25, 0.3) is 0 Å². The lowest BCUT2D eigenvalue weighted by Gasteiger charge is -2.09. The summed E-state index contributed by atoms with van der Waals surface area (Å²) in [5.74, 6) is -0.504. The lowest BCUT2D eigenvalue weighted by molar-refractivity contribution is -0.122. The second-order valence-corrected chi connectivity index (χ2v) is 6.27. The van der Waals surface area contributed by atoms with Crippen LogP contribution in [0.4, 0.5) is 4.79 Å². The van der Waals surface area contributed by atoms with E-state index >= 15 is 0 Å². The first-order chi connectivity index (χ1) is 11.5. The average Bonchev–Trinajstić information content (AvgIpc) is 2.87. The Bertz CT molecular complexity index is 721. The summed E-state index contributed by atoms with van der Waals surface area (Å²) in [6.45, 7) is 0.0457. The van der Waals surface area contributed by atoms with Crippen molar-refractivity contribution in [1.29, 1.82) is 0 Å². The Balaban J connectivity index is 1.66. The summed E-state index contributed by atoms with van der Waals surface area (Å²) in [5, 5.41) is 0.244. The smallest absolute Gasteiger partial charge is 0.426 e. The van der Waals surface area contributed by atoms with Gasteiger partial charge >= 0.3 is 6.09 Å². The fourth-order valence-corrected chi connectivity index (χ4v) is 2.29. The summed E-state index contributed by atoms with van der Waals surface area (Å²) in [5.41, 5.74) is 5.38. The number of imidazole rings is 1. The van der Waals surface area contributed by atoms with Crippen molar-refractivity contribution < 1.29 is 14.3 Å². The van der Waals surface area contributed by atoms with Gasteiger partial charge in [-0.1, -0.05) is 51.3 Å².